The zero-order valence-corrected chi connectivity index (χ0v) is 26.7. The van der Waals surface area contributed by atoms with Gasteiger partial charge >= 0.3 is 0 Å². The minimum Gasteiger partial charge on any atom is -0.452 e. The molecule has 1 aliphatic rings. The maximum Gasteiger partial charge on any atom is 0.180 e. The molecule has 11 rings (SSSR count). The number of hydrogen-bond donors (Lipinski definition) is 0. The lowest BCUT2D eigenvalue weighted by Gasteiger charge is -2.34. The molecule has 50 heavy (non-hydrogen) atoms. The second-order valence-corrected chi connectivity index (χ2v) is 12.8. The summed E-state index contributed by atoms with van der Waals surface area (Å²) in [4.78, 5) is 17.5. The van der Waals surface area contributed by atoms with Gasteiger partial charge in [-0.05, 0) is 76.3 Å². The first-order valence-electron chi connectivity index (χ1n) is 16.8. The molecule has 232 valence electrons. The van der Waals surface area contributed by atoms with Gasteiger partial charge in [0.15, 0.2) is 11.4 Å². The Morgan fingerprint density at radius 3 is 2.14 bits per heavy atom. The zero-order valence-electron chi connectivity index (χ0n) is 26.7. The van der Waals surface area contributed by atoms with Crippen LogP contribution in [0.5, 0.6) is 0 Å². The van der Waals surface area contributed by atoms with Crippen molar-refractivity contribution in [2.24, 2.45) is 0 Å². The molecule has 1 aliphatic heterocycles. The van der Waals surface area contributed by atoms with Gasteiger partial charge in [-0.15, -0.1) is 0 Å². The van der Waals surface area contributed by atoms with E-state index in [0.29, 0.717) is 11.4 Å². The Morgan fingerprint density at radius 2 is 1.24 bits per heavy atom. The van der Waals surface area contributed by atoms with Crippen LogP contribution in [0.3, 0.4) is 0 Å². The number of para-hydroxylation sites is 2. The minimum absolute atomic E-state index is 0.635. The molecule has 0 saturated heterocycles. The first kappa shape index (κ1) is 27.1. The fourth-order valence-corrected chi connectivity index (χ4v) is 7.81. The molecular weight excluding hydrogens is 613 g/mol. The molecule has 0 amide bonds. The summed E-state index contributed by atoms with van der Waals surface area (Å²) in [5.74, 6) is 0.635. The molecule has 0 spiro atoms. The lowest BCUT2D eigenvalue weighted by atomic mass is 9.87. The van der Waals surface area contributed by atoms with Crippen LogP contribution in [0.25, 0.3) is 88.3 Å². The van der Waals surface area contributed by atoms with Gasteiger partial charge in [-0.25, -0.2) is 9.97 Å². The third kappa shape index (κ3) is 3.86. The number of nitrogens with zero attached hydrogens (tertiary/aromatic N) is 4. The summed E-state index contributed by atoms with van der Waals surface area (Å²) in [6.45, 7) is 0. The van der Waals surface area contributed by atoms with Gasteiger partial charge in [-0.2, -0.15) is 0 Å². The van der Waals surface area contributed by atoms with Crippen LogP contribution < -0.4 is 4.90 Å². The highest BCUT2D eigenvalue weighted by Gasteiger charge is 2.27. The van der Waals surface area contributed by atoms with E-state index >= 15 is 0 Å². The molecular formula is C45H26N4O. The third-order valence-electron chi connectivity index (χ3n) is 10.0. The quantitative estimate of drug-likeness (QED) is 0.193. The van der Waals surface area contributed by atoms with Gasteiger partial charge < -0.3 is 9.32 Å². The molecule has 0 unspecified atom stereocenters. The summed E-state index contributed by atoms with van der Waals surface area (Å²) < 4.78 is 6.44. The Labute approximate surface area is 286 Å². The van der Waals surface area contributed by atoms with E-state index in [1.807, 2.05) is 36.5 Å². The first-order valence-corrected chi connectivity index (χ1v) is 16.8. The molecule has 4 heterocycles. The molecule has 0 saturated carbocycles. The van der Waals surface area contributed by atoms with Crippen molar-refractivity contribution in [3.63, 3.8) is 0 Å². The number of rotatable bonds is 3. The van der Waals surface area contributed by atoms with E-state index < -0.39 is 0 Å². The smallest absolute Gasteiger partial charge is 0.180 e. The van der Waals surface area contributed by atoms with E-state index in [1.54, 1.807) is 0 Å². The average Bonchev–Trinajstić information content (AvgIpc) is 3.56. The molecule has 0 N–H and O–H groups in total. The zero-order chi connectivity index (χ0) is 32.8. The summed E-state index contributed by atoms with van der Waals surface area (Å²) in [5, 5.41) is 6.97. The van der Waals surface area contributed by atoms with Crippen LogP contribution in [0.15, 0.2) is 162 Å². The van der Waals surface area contributed by atoms with Gasteiger partial charge in [-0.1, -0.05) is 97.1 Å². The number of hydrogen-bond acceptors (Lipinski definition) is 5. The van der Waals surface area contributed by atoms with Crippen molar-refractivity contribution in [2.45, 2.75) is 0 Å². The maximum absolute atomic E-state index is 6.44. The van der Waals surface area contributed by atoms with Crippen LogP contribution in [0, 0.1) is 0 Å². The molecule has 0 atom stereocenters. The highest BCUT2D eigenvalue weighted by molar-refractivity contribution is 6.19. The highest BCUT2D eigenvalue weighted by atomic mass is 16.3. The summed E-state index contributed by atoms with van der Waals surface area (Å²) in [6, 6.07) is 53.2. The number of benzene rings is 7. The molecule has 3 aromatic heterocycles. The van der Waals surface area contributed by atoms with Crippen LogP contribution in [-0.2, 0) is 0 Å². The van der Waals surface area contributed by atoms with E-state index in [4.69, 9.17) is 19.4 Å². The van der Waals surface area contributed by atoms with E-state index in [0.717, 1.165) is 55.6 Å². The second-order valence-electron chi connectivity index (χ2n) is 12.8. The lowest BCUT2D eigenvalue weighted by molar-refractivity contribution is 0.667. The van der Waals surface area contributed by atoms with Gasteiger partial charge in [0.25, 0.3) is 0 Å². The molecule has 0 radical (unpaired) electrons. The Balaban J connectivity index is 1.12. The molecule has 5 heteroatoms. The van der Waals surface area contributed by atoms with Crippen molar-refractivity contribution in [3.05, 3.63) is 158 Å². The molecule has 7 aromatic carbocycles. The summed E-state index contributed by atoms with van der Waals surface area (Å²) in [7, 11) is 0. The molecule has 10 aromatic rings. The number of furan rings is 1. The number of anilines is 3. The second kappa shape index (κ2) is 10.3. The van der Waals surface area contributed by atoms with E-state index in [2.05, 4.69) is 126 Å². The van der Waals surface area contributed by atoms with Crippen LogP contribution in [0.2, 0.25) is 0 Å². The van der Waals surface area contributed by atoms with Gasteiger partial charge in [0.05, 0.1) is 16.9 Å². The first-order chi connectivity index (χ1) is 24.8. The van der Waals surface area contributed by atoms with Crippen molar-refractivity contribution in [3.8, 4) is 33.8 Å². The van der Waals surface area contributed by atoms with Crippen LogP contribution >= 0.6 is 0 Å². The lowest BCUT2D eigenvalue weighted by Crippen LogP contribution is -2.15. The van der Waals surface area contributed by atoms with Crippen molar-refractivity contribution in [2.75, 3.05) is 4.90 Å². The number of aromatic nitrogens is 3. The van der Waals surface area contributed by atoms with Crippen molar-refractivity contribution < 1.29 is 4.42 Å². The Bertz CT molecular complexity index is 2990. The van der Waals surface area contributed by atoms with Gasteiger partial charge in [0, 0.05) is 44.7 Å². The standard InChI is InChI=1S/C45H26N4O/c1-2-14-32-27(9-1)22-25-37-40(32)34-16-5-10-28-11-7-18-36(39(28)34)49(37)31-23-20-30(21-24-31)45-47-42-33-15-3-4-19-38(33)50-44(42)43(48-45)35-17-6-12-29-13-8-26-46-41(29)35/h1-26H. The van der Waals surface area contributed by atoms with E-state index in [-0.39, 0.29) is 0 Å². The Kier molecular flexibility index (Phi) is 5.60. The maximum atomic E-state index is 6.44. The summed E-state index contributed by atoms with van der Waals surface area (Å²) in [6.07, 6.45) is 1.82. The Hall–Kier alpha value is -6.85. The fourth-order valence-electron chi connectivity index (χ4n) is 7.81. The van der Waals surface area contributed by atoms with Gasteiger partial charge in [-0.3, -0.25) is 4.98 Å². The molecule has 0 aliphatic carbocycles. The topological polar surface area (TPSA) is 55.1 Å². The van der Waals surface area contributed by atoms with Crippen LogP contribution in [-0.4, -0.2) is 15.0 Å². The number of pyridine rings is 1. The van der Waals surface area contributed by atoms with Crippen molar-refractivity contribution in [1.82, 2.24) is 15.0 Å². The third-order valence-corrected chi connectivity index (χ3v) is 10.0. The van der Waals surface area contributed by atoms with E-state index in [1.165, 1.54) is 38.4 Å². The summed E-state index contributed by atoms with van der Waals surface area (Å²) in [5.41, 5.74) is 11.6. The van der Waals surface area contributed by atoms with E-state index in [9.17, 15) is 0 Å². The van der Waals surface area contributed by atoms with Gasteiger partial charge in [0.1, 0.15) is 16.8 Å². The van der Waals surface area contributed by atoms with Crippen molar-refractivity contribution >= 4 is 71.6 Å². The largest absolute Gasteiger partial charge is 0.452 e. The fraction of sp³-hybridized carbons (Fsp3) is 0. The van der Waals surface area contributed by atoms with Crippen LogP contribution in [0.1, 0.15) is 0 Å². The molecule has 5 nitrogen and oxygen atoms in total. The average molecular weight is 639 g/mol. The highest BCUT2D eigenvalue weighted by Crippen LogP contribution is 2.53. The molecule has 0 fully saturated rings. The minimum atomic E-state index is 0.635. The monoisotopic (exact) mass is 638 g/mol. The van der Waals surface area contributed by atoms with Crippen molar-refractivity contribution in [1.29, 1.82) is 0 Å². The SMILES string of the molecule is c1ccc2c3c(ccc2c1)N(c1ccc(-c2nc(-c4cccc5cccnc45)c4oc5ccccc5c4n2)cc1)c1cccc2cccc-3c12. The van der Waals surface area contributed by atoms with Gasteiger partial charge in [0.2, 0.25) is 0 Å². The summed E-state index contributed by atoms with van der Waals surface area (Å²) >= 11 is 0. The normalized spacial score (nSPS) is 12.4. The Morgan fingerprint density at radius 1 is 0.500 bits per heavy atom. The van der Waals surface area contributed by atoms with Crippen LogP contribution in [0.4, 0.5) is 17.1 Å². The number of fused-ring (bicyclic) bond motifs is 8. The predicted molar refractivity (Wildman–Crippen MR) is 204 cm³/mol. The predicted octanol–water partition coefficient (Wildman–Crippen LogP) is 12.0. The molecule has 0 bridgehead atoms.